The van der Waals surface area contributed by atoms with Gasteiger partial charge in [0, 0.05) is 16.7 Å². The Hall–Kier alpha value is -8.93. The van der Waals surface area contributed by atoms with Crippen molar-refractivity contribution in [1.29, 1.82) is 0 Å². The fourth-order valence-corrected chi connectivity index (χ4v) is 11.4. The molecule has 5 heteroatoms. The third-order valence-electron chi connectivity index (χ3n) is 14.8. The Balaban J connectivity index is 1.17. The maximum atomic E-state index is 5.59. The van der Waals surface area contributed by atoms with E-state index in [4.69, 9.17) is 15.0 Å². The zero-order valence-electron chi connectivity index (χ0n) is 44.4. The highest BCUT2D eigenvalue weighted by Crippen LogP contribution is 2.50. The van der Waals surface area contributed by atoms with Crippen LogP contribution in [0.4, 0.5) is 34.4 Å². The van der Waals surface area contributed by atoms with Crippen LogP contribution in [-0.2, 0) is 0 Å². The fourth-order valence-electron chi connectivity index (χ4n) is 11.4. The number of aromatic nitrogens is 3. The van der Waals surface area contributed by atoms with Crippen LogP contribution in [0.3, 0.4) is 0 Å². The minimum absolute atomic E-state index is 0.521. The number of para-hydroxylation sites is 1. The molecule has 366 valence electrons. The Morgan fingerprint density at radius 2 is 0.707 bits per heavy atom. The predicted octanol–water partition coefficient (Wildman–Crippen LogP) is 19.1. The zero-order valence-corrected chi connectivity index (χ0v) is 44.4. The molecule has 0 saturated heterocycles. The van der Waals surface area contributed by atoms with Crippen LogP contribution in [0, 0.1) is 62.3 Å². The molecular weight excluding hydrogens is 911 g/mol. The van der Waals surface area contributed by atoms with Crippen molar-refractivity contribution >= 4 is 45.2 Å². The highest BCUT2D eigenvalue weighted by molar-refractivity contribution is 6.06. The average Bonchev–Trinajstić information content (AvgIpc) is 3.43. The van der Waals surface area contributed by atoms with E-state index in [0.29, 0.717) is 17.6 Å². The Morgan fingerprint density at radius 3 is 1.23 bits per heavy atom. The first-order chi connectivity index (χ1) is 36.4. The second kappa shape index (κ2) is 20.2. The molecule has 0 radical (unpaired) electrons. The summed E-state index contributed by atoms with van der Waals surface area (Å²) in [5.74, 6) is 1.69. The summed E-state index contributed by atoms with van der Waals surface area (Å²) in [5.41, 5.74) is 24.8. The van der Waals surface area contributed by atoms with Gasteiger partial charge in [0.1, 0.15) is 0 Å². The van der Waals surface area contributed by atoms with E-state index in [0.717, 1.165) is 61.6 Å². The summed E-state index contributed by atoms with van der Waals surface area (Å²) in [7, 11) is 0. The number of hydrogen-bond acceptors (Lipinski definition) is 5. The van der Waals surface area contributed by atoms with Crippen LogP contribution in [0.5, 0.6) is 0 Å². The van der Waals surface area contributed by atoms with Crippen molar-refractivity contribution in [3.05, 3.63) is 256 Å². The van der Waals surface area contributed by atoms with Crippen molar-refractivity contribution in [2.75, 3.05) is 9.80 Å². The summed E-state index contributed by atoms with van der Waals surface area (Å²) in [4.78, 5) is 21.3. The van der Waals surface area contributed by atoms with Crippen molar-refractivity contribution in [3.8, 4) is 56.2 Å². The quantitative estimate of drug-likeness (QED) is 0.129. The zero-order chi connectivity index (χ0) is 51.9. The molecule has 0 bridgehead atoms. The van der Waals surface area contributed by atoms with E-state index in [-0.39, 0.29) is 0 Å². The number of anilines is 6. The van der Waals surface area contributed by atoms with Crippen LogP contribution in [-0.4, -0.2) is 15.0 Å². The van der Waals surface area contributed by atoms with Gasteiger partial charge in [0.25, 0.3) is 0 Å². The molecule has 75 heavy (non-hydrogen) atoms. The number of rotatable bonds is 11. The fraction of sp³-hybridized carbons (Fsp3) is 0.129. The molecule has 11 rings (SSSR count). The maximum absolute atomic E-state index is 5.59. The van der Waals surface area contributed by atoms with Gasteiger partial charge in [-0.2, -0.15) is 9.97 Å². The van der Waals surface area contributed by atoms with Gasteiger partial charge in [-0.05, 0) is 152 Å². The summed E-state index contributed by atoms with van der Waals surface area (Å²) >= 11 is 0. The molecule has 0 aliphatic carbocycles. The predicted molar refractivity (Wildman–Crippen MR) is 317 cm³/mol. The minimum Gasteiger partial charge on any atom is -0.309 e. The van der Waals surface area contributed by atoms with E-state index in [1.165, 1.54) is 72.2 Å². The van der Waals surface area contributed by atoms with Crippen molar-refractivity contribution < 1.29 is 0 Å². The smallest absolute Gasteiger partial charge is 0.238 e. The molecule has 0 fully saturated rings. The van der Waals surface area contributed by atoms with Gasteiger partial charge >= 0.3 is 0 Å². The Kier molecular flexibility index (Phi) is 13.0. The summed E-state index contributed by atoms with van der Waals surface area (Å²) in [6.45, 7) is 20.1. The molecule has 1 aromatic heterocycles. The van der Waals surface area contributed by atoms with Gasteiger partial charge in [0.05, 0.1) is 28.4 Å². The third-order valence-corrected chi connectivity index (χ3v) is 14.8. The Labute approximate surface area is 442 Å². The first kappa shape index (κ1) is 48.3. The highest BCUT2D eigenvalue weighted by Gasteiger charge is 2.30. The maximum Gasteiger partial charge on any atom is 0.238 e. The van der Waals surface area contributed by atoms with Crippen LogP contribution in [0.15, 0.2) is 206 Å². The number of aryl methyl sites for hydroxylation is 7. The third kappa shape index (κ3) is 9.16. The topological polar surface area (TPSA) is 45.2 Å². The van der Waals surface area contributed by atoms with Crippen LogP contribution in [0.2, 0.25) is 0 Å². The van der Waals surface area contributed by atoms with E-state index < -0.39 is 0 Å². The Bertz CT molecular complexity index is 3810. The van der Waals surface area contributed by atoms with E-state index in [1.807, 2.05) is 18.2 Å². The molecule has 5 nitrogen and oxygen atoms in total. The molecule has 10 aromatic carbocycles. The van der Waals surface area contributed by atoms with E-state index in [1.54, 1.807) is 0 Å². The summed E-state index contributed by atoms with van der Waals surface area (Å²) in [5, 5.41) is 2.42. The molecule has 0 amide bonds. The number of nitrogens with zero attached hydrogens (tertiary/aromatic N) is 5. The second-order valence-corrected chi connectivity index (χ2v) is 20.2. The number of hydrogen-bond donors (Lipinski definition) is 0. The van der Waals surface area contributed by atoms with Crippen molar-refractivity contribution in [1.82, 2.24) is 15.0 Å². The van der Waals surface area contributed by atoms with Crippen molar-refractivity contribution in [2.24, 2.45) is 0 Å². The Morgan fingerprint density at radius 1 is 0.293 bits per heavy atom. The molecular formula is C70H61N5. The van der Waals surface area contributed by atoms with Crippen LogP contribution < -0.4 is 9.80 Å². The largest absolute Gasteiger partial charge is 0.309 e. The number of fused-ring (bicyclic) bond motifs is 1. The van der Waals surface area contributed by atoms with Gasteiger partial charge in [0.2, 0.25) is 5.95 Å². The van der Waals surface area contributed by atoms with Gasteiger partial charge in [-0.25, -0.2) is 4.98 Å². The molecule has 11 aromatic rings. The summed E-state index contributed by atoms with van der Waals surface area (Å²) < 4.78 is 0. The monoisotopic (exact) mass is 971 g/mol. The van der Waals surface area contributed by atoms with Gasteiger partial charge < -0.3 is 4.90 Å². The van der Waals surface area contributed by atoms with Crippen LogP contribution in [0.25, 0.3) is 66.9 Å². The summed E-state index contributed by atoms with van der Waals surface area (Å²) in [6.07, 6.45) is 0. The molecule has 0 aliphatic heterocycles. The standard InChI is InChI=1S/C70H61N5/c1-44-39-47(4)65(48(5)40-44)74(66-49(6)41-45(2)42-50(66)7)63-43-46(3)51(8)67(52(63)9)75(62-34-20-19-31-59(62)53-23-13-10-14-24-53)70-72-68(57-27-17-12-18-28-57)71-69(73-70)58-37-35-55(36-38-58)61-33-22-30-56-29-21-32-60(64(56)61)54-25-15-11-16-26-54/h10-43H,1-9H3. The second-order valence-electron chi connectivity index (χ2n) is 20.2. The average molecular weight is 972 g/mol. The molecule has 0 spiro atoms. The lowest BCUT2D eigenvalue weighted by Crippen LogP contribution is -2.22. The van der Waals surface area contributed by atoms with E-state index in [2.05, 4.69) is 260 Å². The lowest BCUT2D eigenvalue weighted by Gasteiger charge is -2.36. The molecule has 0 aliphatic rings. The highest BCUT2D eigenvalue weighted by atomic mass is 15.3. The van der Waals surface area contributed by atoms with Crippen LogP contribution in [0.1, 0.15) is 50.1 Å². The molecule has 0 unspecified atom stereocenters. The molecule has 0 N–H and O–H groups in total. The number of benzene rings is 10. The lowest BCUT2D eigenvalue weighted by atomic mass is 9.91. The van der Waals surface area contributed by atoms with E-state index in [9.17, 15) is 0 Å². The molecule has 0 saturated carbocycles. The van der Waals surface area contributed by atoms with Crippen LogP contribution >= 0.6 is 0 Å². The molecule has 1 heterocycles. The first-order valence-electron chi connectivity index (χ1n) is 25.9. The lowest BCUT2D eigenvalue weighted by molar-refractivity contribution is 1.01. The molecule has 0 atom stereocenters. The van der Waals surface area contributed by atoms with Crippen molar-refractivity contribution in [2.45, 2.75) is 62.3 Å². The van der Waals surface area contributed by atoms with Gasteiger partial charge in [-0.3, -0.25) is 4.90 Å². The van der Waals surface area contributed by atoms with E-state index >= 15 is 0 Å². The normalized spacial score (nSPS) is 11.3. The summed E-state index contributed by atoms with van der Waals surface area (Å²) in [6, 6.07) is 73.7. The minimum atomic E-state index is 0.521. The van der Waals surface area contributed by atoms with Crippen molar-refractivity contribution in [3.63, 3.8) is 0 Å². The van der Waals surface area contributed by atoms with Gasteiger partial charge in [-0.15, -0.1) is 0 Å². The van der Waals surface area contributed by atoms with Gasteiger partial charge in [0.15, 0.2) is 11.6 Å². The SMILES string of the molecule is Cc1cc(C)c(N(c2cc(C)c(C)c(N(c3nc(-c4ccccc4)nc(-c4ccc(-c5cccc6cccc(-c7ccccc7)c56)cc4)n3)c3ccccc3-c3ccccc3)c2C)c2c(C)cc(C)cc2C)c(C)c1. The first-order valence-corrected chi connectivity index (χ1v) is 25.9. The van der Waals surface area contributed by atoms with Gasteiger partial charge in [-0.1, -0.05) is 205 Å².